The van der Waals surface area contributed by atoms with Crippen LogP contribution in [0.15, 0.2) is 96.1 Å². The zero-order valence-corrected chi connectivity index (χ0v) is 19.1. The summed E-state index contributed by atoms with van der Waals surface area (Å²) in [6.45, 7) is 0. The first-order valence-electron chi connectivity index (χ1n) is 10.8. The van der Waals surface area contributed by atoms with Crippen molar-refractivity contribution in [1.29, 1.82) is 0 Å². The van der Waals surface area contributed by atoms with E-state index in [-0.39, 0.29) is 0 Å². The Balaban J connectivity index is 1.46. The van der Waals surface area contributed by atoms with Gasteiger partial charge >= 0.3 is 0 Å². The molecule has 3 aromatic carbocycles. The van der Waals surface area contributed by atoms with E-state index in [9.17, 15) is 0 Å². The highest BCUT2D eigenvalue weighted by Crippen LogP contribution is 2.18. The molecule has 0 spiro atoms. The Morgan fingerprint density at radius 2 is 1.21 bits per heavy atom. The van der Waals surface area contributed by atoms with Crippen LogP contribution in [0, 0.1) is 0 Å². The number of hydrazone groups is 1. The summed E-state index contributed by atoms with van der Waals surface area (Å²) in [7, 11) is 4.04. The average molecular weight is 451 g/mol. The van der Waals surface area contributed by atoms with Gasteiger partial charge in [0.25, 0.3) is 0 Å². The molecule has 4 rings (SSSR count). The van der Waals surface area contributed by atoms with Crippen molar-refractivity contribution in [3.63, 3.8) is 0 Å². The minimum absolute atomic E-state index is 0.312. The molecule has 0 aliphatic heterocycles. The van der Waals surface area contributed by atoms with Crippen molar-refractivity contribution in [2.24, 2.45) is 5.10 Å². The molecular weight excluding hydrogens is 424 g/mol. The number of allylic oxidation sites excluding steroid dienone is 1. The van der Waals surface area contributed by atoms with Gasteiger partial charge in [-0.15, -0.1) is 0 Å². The van der Waals surface area contributed by atoms with Crippen molar-refractivity contribution >= 4 is 47.2 Å². The maximum absolute atomic E-state index is 4.47. The minimum Gasteiger partial charge on any atom is -0.378 e. The molecule has 8 nitrogen and oxygen atoms in total. The highest BCUT2D eigenvalue weighted by atomic mass is 15.4. The summed E-state index contributed by atoms with van der Waals surface area (Å²) in [5, 5.41) is 10.6. The molecule has 34 heavy (non-hydrogen) atoms. The van der Waals surface area contributed by atoms with Crippen molar-refractivity contribution in [3.8, 4) is 0 Å². The number of hydrogen-bond acceptors (Lipinski definition) is 8. The van der Waals surface area contributed by atoms with Gasteiger partial charge in [-0.1, -0.05) is 54.6 Å². The third kappa shape index (κ3) is 6.64. The second-order valence-electron chi connectivity index (χ2n) is 7.52. The van der Waals surface area contributed by atoms with Crippen molar-refractivity contribution in [1.82, 2.24) is 15.0 Å². The summed E-state index contributed by atoms with van der Waals surface area (Å²) in [5.41, 5.74) is 6.86. The predicted octanol–water partition coefficient (Wildman–Crippen LogP) is 5.54. The van der Waals surface area contributed by atoms with Crippen LogP contribution in [0.25, 0.3) is 6.08 Å². The van der Waals surface area contributed by atoms with Crippen LogP contribution >= 0.6 is 0 Å². The fourth-order valence-electron chi connectivity index (χ4n) is 3.01. The molecule has 0 saturated heterocycles. The first-order valence-corrected chi connectivity index (χ1v) is 10.8. The molecular formula is C26H26N8. The first kappa shape index (κ1) is 22.5. The topological polar surface area (TPSA) is 90.4 Å². The van der Waals surface area contributed by atoms with Gasteiger partial charge in [0.1, 0.15) is 0 Å². The SMILES string of the molecule is CN(C)c1ccc(C=CC=NNc2nc(Nc3ccccc3)nc(Nc3ccccc3)n2)cc1. The molecule has 0 bridgehead atoms. The molecule has 1 heterocycles. The summed E-state index contributed by atoms with van der Waals surface area (Å²) in [6, 6.07) is 27.7. The van der Waals surface area contributed by atoms with Crippen molar-refractivity contribution in [3.05, 3.63) is 96.6 Å². The highest BCUT2D eigenvalue weighted by molar-refractivity contribution is 5.79. The van der Waals surface area contributed by atoms with Gasteiger partial charge in [-0.2, -0.15) is 20.1 Å². The molecule has 170 valence electrons. The molecule has 0 aliphatic carbocycles. The summed E-state index contributed by atoms with van der Waals surface area (Å²) >= 11 is 0. The summed E-state index contributed by atoms with van der Waals surface area (Å²) in [5.74, 6) is 1.11. The van der Waals surface area contributed by atoms with Crippen LogP contribution in [0.4, 0.5) is 34.9 Å². The number of anilines is 6. The van der Waals surface area contributed by atoms with Crippen LogP contribution in [-0.4, -0.2) is 35.3 Å². The molecule has 8 heteroatoms. The quantitative estimate of drug-likeness (QED) is 0.228. The molecule has 0 amide bonds. The predicted molar refractivity (Wildman–Crippen MR) is 141 cm³/mol. The smallest absolute Gasteiger partial charge is 0.250 e. The lowest BCUT2D eigenvalue weighted by molar-refractivity contribution is 1.04. The van der Waals surface area contributed by atoms with Crippen LogP contribution in [0.3, 0.4) is 0 Å². The molecule has 0 unspecified atom stereocenters. The van der Waals surface area contributed by atoms with Gasteiger partial charge < -0.3 is 15.5 Å². The molecule has 0 radical (unpaired) electrons. The number of nitrogens with one attached hydrogen (secondary N) is 3. The fraction of sp³-hybridized carbons (Fsp3) is 0.0769. The fourth-order valence-corrected chi connectivity index (χ4v) is 3.01. The number of para-hydroxylation sites is 2. The van der Waals surface area contributed by atoms with E-state index in [4.69, 9.17) is 0 Å². The van der Waals surface area contributed by atoms with Gasteiger partial charge in [0.05, 0.1) is 0 Å². The lowest BCUT2D eigenvalue weighted by Crippen LogP contribution is -2.07. The number of aromatic nitrogens is 3. The van der Waals surface area contributed by atoms with E-state index in [2.05, 4.69) is 65.3 Å². The minimum atomic E-state index is 0.312. The first-order chi connectivity index (χ1) is 16.7. The number of hydrogen-bond donors (Lipinski definition) is 3. The molecule has 4 aromatic rings. The van der Waals surface area contributed by atoms with Gasteiger partial charge in [-0.3, -0.25) is 0 Å². The second kappa shape index (κ2) is 11.2. The Labute approximate surface area is 199 Å². The molecule has 0 fully saturated rings. The van der Waals surface area contributed by atoms with E-state index < -0.39 is 0 Å². The average Bonchev–Trinajstić information content (AvgIpc) is 2.85. The Morgan fingerprint density at radius 3 is 1.74 bits per heavy atom. The monoisotopic (exact) mass is 450 g/mol. The lowest BCUT2D eigenvalue weighted by Gasteiger charge is -2.11. The Hall–Kier alpha value is -4.72. The third-order valence-corrected chi connectivity index (χ3v) is 4.72. The van der Waals surface area contributed by atoms with Gasteiger partial charge in [0.15, 0.2) is 0 Å². The van der Waals surface area contributed by atoms with Crippen LogP contribution in [0.2, 0.25) is 0 Å². The maximum atomic E-state index is 4.47. The van der Waals surface area contributed by atoms with E-state index in [1.54, 1.807) is 6.21 Å². The maximum Gasteiger partial charge on any atom is 0.250 e. The normalized spacial score (nSPS) is 11.0. The van der Waals surface area contributed by atoms with Crippen molar-refractivity contribution < 1.29 is 0 Å². The van der Waals surface area contributed by atoms with E-state index >= 15 is 0 Å². The second-order valence-corrected chi connectivity index (χ2v) is 7.52. The Kier molecular flexibility index (Phi) is 7.43. The number of rotatable bonds is 9. The largest absolute Gasteiger partial charge is 0.378 e. The standard InChI is InChI=1S/C26H26N8/c1-34(2)23-17-15-20(16-18-23)10-9-19-27-33-26-31-24(28-21-11-5-3-6-12-21)30-25(32-26)29-22-13-7-4-8-14-22/h3-19H,1-2H3,(H3,28,29,30,31,32,33). The number of nitrogens with zero attached hydrogens (tertiary/aromatic N) is 5. The zero-order chi connectivity index (χ0) is 23.6. The van der Waals surface area contributed by atoms with Crippen LogP contribution in [0.1, 0.15) is 5.56 Å². The van der Waals surface area contributed by atoms with Crippen molar-refractivity contribution in [2.45, 2.75) is 0 Å². The van der Waals surface area contributed by atoms with Gasteiger partial charge in [-0.25, -0.2) is 5.43 Å². The lowest BCUT2D eigenvalue weighted by atomic mass is 10.2. The summed E-state index contributed by atoms with van der Waals surface area (Å²) in [6.07, 6.45) is 5.48. The van der Waals surface area contributed by atoms with Gasteiger partial charge in [0, 0.05) is 37.4 Å². The molecule has 3 N–H and O–H groups in total. The zero-order valence-electron chi connectivity index (χ0n) is 19.1. The molecule has 0 atom stereocenters. The Bertz CT molecular complexity index is 1180. The van der Waals surface area contributed by atoms with E-state index in [0.29, 0.717) is 17.8 Å². The van der Waals surface area contributed by atoms with Gasteiger partial charge in [-0.05, 0) is 48.0 Å². The third-order valence-electron chi connectivity index (χ3n) is 4.72. The number of benzene rings is 3. The van der Waals surface area contributed by atoms with Crippen molar-refractivity contribution in [2.75, 3.05) is 35.1 Å². The van der Waals surface area contributed by atoms with Crippen LogP contribution in [-0.2, 0) is 0 Å². The molecule has 1 aromatic heterocycles. The summed E-state index contributed by atoms with van der Waals surface area (Å²) < 4.78 is 0. The van der Waals surface area contributed by atoms with Crippen LogP contribution < -0.4 is 21.0 Å². The molecule has 0 saturated carbocycles. The highest BCUT2D eigenvalue weighted by Gasteiger charge is 2.07. The van der Waals surface area contributed by atoms with Gasteiger partial charge in [0.2, 0.25) is 17.8 Å². The molecule has 0 aliphatic rings. The summed E-state index contributed by atoms with van der Waals surface area (Å²) in [4.78, 5) is 15.4. The van der Waals surface area contributed by atoms with Crippen LogP contribution in [0.5, 0.6) is 0 Å². The van der Waals surface area contributed by atoms with E-state index in [0.717, 1.165) is 22.6 Å². The van der Waals surface area contributed by atoms with E-state index in [1.165, 1.54) is 0 Å². The Morgan fingerprint density at radius 1 is 0.676 bits per heavy atom. The van der Waals surface area contributed by atoms with E-state index in [1.807, 2.05) is 86.9 Å².